The predicted molar refractivity (Wildman–Crippen MR) is 161 cm³/mol. The summed E-state index contributed by atoms with van der Waals surface area (Å²) in [4.78, 5) is 28.5. The minimum atomic E-state index is -4.91. The Bertz CT molecular complexity index is 1910. The zero-order chi connectivity index (χ0) is 33.4. The van der Waals surface area contributed by atoms with Gasteiger partial charge in [0.1, 0.15) is 11.4 Å². The van der Waals surface area contributed by atoms with E-state index in [-0.39, 0.29) is 52.7 Å². The number of halogens is 3. The number of aliphatic hydroxyl groups excluding tert-OH is 2. The quantitative estimate of drug-likeness (QED) is 0.248. The zero-order valence-electron chi connectivity index (χ0n) is 24.6. The minimum absolute atomic E-state index is 0.102. The molecule has 0 spiro atoms. The molecule has 0 fully saturated rings. The van der Waals surface area contributed by atoms with E-state index in [0.29, 0.717) is 16.8 Å². The maximum Gasteiger partial charge on any atom is 0.435 e. The number of sulfone groups is 1. The number of carbonyl (C=O) groups is 2. The first-order valence-corrected chi connectivity index (χ1v) is 15.8. The fourth-order valence-corrected chi connectivity index (χ4v) is 6.15. The lowest BCUT2D eigenvalue weighted by molar-refractivity contribution is -0.141. The van der Waals surface area contributed by atoms with Gasteiger partial charge in [0.2, 0.25) is 0 Å². The van der Waals surface area contributed by atoms with Crippen LogP contribution in [0.2, 0.25) is 0 Å². The van der Waals surface area contributed by atoms with Crippen LogP contribution < -0.4 is 15.0 Å². The highest BCUT2D eigenvalue weighted by molar-refractivity contribution is 7.90. The standard InChI is InChI=1S/C31H29F3N4O7S/c1-45-21-11-12-25(24(15-21)29(41)35-16-20(40)17-39)38-27-23(28(36-38)31(32,33)34)13-14-37(30(27)42)19-9-7-18(8-10-19)22-5-3-4-6-26(22)46(2,43)44/h3-12,15,20,39-40H,13-14,16-17H2,1-2H3,(H,35,41). The largest absolute Gasteiger partial charge is 0.497 e. The molecule has 15 heteroatoms. The van der Waals surface area contributed by atoms with Crippen molar-refractivity contribution < 1.29 is 46.1 Å². The molecule has 1 atom stereocenters. The monoisotopic (exact) mass is 658 g/mol. The number of benzene rings is 3. The Balaban J connectivity index is 1.58. The van der Waals surface area contributed by atoms with Crippen molar-refractivity contribution in [3.8, 4) is 22.6 Å². The van der Waals surface area contributed by atoms with Crippen molar-refractivity contribution in [3.63, 3.8) is 0 Å². The van der Waals surface area contributed by atoms with Crippen molar-refractivity contribution in [3.05, 3.63) is 89.2 Å². The van der Waals surface area contributed by atoms with Crippen LogP contribution in [0.25, 0.3) is 16.8 Å². The molecule has 46 heavy (non-hydrogen) atoms. The topological polar surface area (TPSA) is 151 Å². The van der Waals surface area contributed by atoms with Gasteiger partial charge in [-0.3, -0.25) is 9.59 Å². The summed E-state index contributed by atoms with van der Waals surface area (Å²) in [7, 11) is -2.22. The molecular formula is C31H29F3N4O7S. The van der Waals surface area contributed by atoms with Crippen LogP contribution in [-0.2, 0) is 22.4 Å². The highest BCUT2D eigenvalue weighted by Gasteiger charge is 2.43. The Morgan fingerprint density at radius 2 is 1.80 bits per heavy atom. The van der Waals surface area contributed by atoms with Gasteiger partial charge in [-0.2, -0.15) is 18.3 Å². The molecule has 4 aromatic rings. The van der Waals surface area contributed by atoms with Crippen molar-refractivity contribution in [2.24, 2.45) is 0 Å². The Morgan fingerprint density at radius 1 is 1.11 bits per heavy atom. The van der Waals surface area contributed by atoms with Crippen LogP contribution in [0.15, 0.2) is 71.6 Å². The number of methoxy groups -OCH3 is 1. The number of carbonyl (C=O) groups excluding carboxylic acids is 2. The van der Waals surface area contributed by atoms with Crippen LogP contribution in [-0.4, -0.2) is 79.4 Å². The van der Waals surface area contributed by atoms with E-state index in [1.807, 2.05) is 0 Å². The van der Waals surface area contributed by atoms with Crippen LogP contribution in [0.1, 0.15) is 32.1 Å². The van der Waals surface area contributed by atoms with Gasteiger partial charge in [0.15, 0.2) is 15.5 Å². The van der Waals surface area contributed by atoms with Gasteiger partial charge in [0, 0.05) is 36.2 Å². The summed E-state index contributed by atoms with van der Waals surface area (Å²) in [6.45, 7) is -1.09. The first-order valence-electron chi connectivity index (χ1n) is 13.9. The summed E-state index contributed by atoms with van der Waals surface area (Å²) in [6, 6.07) is 16.8. The lowest BCUT2D eigenvalue weighted by Gasteiger charge is -2.28. The Labute approximate surface area is 261 Å². The number of ether oxygens (including phenoxy) is 1. The highest BCUT2D eigenvalue weighted by Crippen LogP contribution is 2.38. The number of nitrogens with one attached hydrogen (secondary N) is 1. The highest BCUT2D eigenvalue weighted by atomic mass is 32.2. The predicted octanol–water partition coefficient (Wildman–Crippen LogP) is 3.26. The van der Waals surface area contributed by atoms with Crippen molar-refractivity contribution in [2.45, 2.75) is 23.6 Å². The van der Waals surface area contributed by atoms with Crippen LogP contribution >= 0.6 is 0 Å². The molecular weight excluding hydrogens is 629 g/mol. The van der Waals surface area contributed by atoms with Crippen LogP contribution in [0.5, 0.6) is 5.75 Å². The zero-order valence-corrected chi connectivity index (χ0v) is 25.4. The second kappa shape index (κ2) is 12.6. The van der Waals surface area contributed by atoms with E-state index in [2.05, 4.69) is 10.4 Å². The van der Waals surface area contributed by atoms with Gasteiger partial charge in [0.05, 0.1) is 36.0 Å². The van der Waals surface area contributed by atoms with E-state index in [1.54, 1.807) is 42.5 Å². The third-order valence-electron chi connectivity index (χ3n) is 7.45. The molecule has 2 amide bonds. The lowest BCUT2D eigenvalue weighted by atomic mass is 10.0. The Morgan fingerprint density at radius 3 is 2.43 bits per heavy atom. The van der Waals surface area contributed by atoms with Crippen molar-refractivity contribution in [2.75, 3.05) is 38.0 Å². The molecule has 3 aromatic carbocycles. The number of nitrogens with zero attached hydrogens (tertiary/aromatic N) is 3. The number of hydrogen-bond donors (Lipinski definition) is 3. The SMILES string of the molecule is COc1ccc(-n2nc(C(F)(F)F)c3c2C(=O)N(c2ccc(-c4ccccc4S(C)(=O)=O)cc2)CC3)c(C(=O)NCC(O)CO)c1. The van der Waals surface area contributed by atoms with E-state index < -0.39 is 46.2 Å². The molecule has 0 aliphatic carbocycles. The summed E-state index contributed by atoms with van der Waals surface area (Å²) in [5, 5.41) is 25.0. The van der Waals surface area contributed by atoms with Crippen LogP contribution in [0, 0.1) is 0 Å². The second-order valence-corrected chi connectivity index (χ2v) is 12.5. The van der Waals surface area contributed by atoms with Gasteiger partial charge >= 0.3 is 6.18 Å². The smallest absolute Gasteiger partial charge is 0.435 e. The van der Waals surface area contributed by atoms with E-state index >= 15 is 0 Å². The van der Waals surface area contributed by atoms with Gasteiger partial charge < -0.3 is 25.2 Å². The van der Waals surface area contributed by atoms with Gasteiger partial charge in [-0.1, -0.05) is 30.3 Å². The van der Waals surface area contributed by atoms with Crippen molar-refractivity contribution >= 4 is 27.3 Å². The number of aromatic nitrogens is 2. The van der Waals surface area contributed by atoms with E-state index in [4.69, 9.17) is 9.84 Å². The average molecular weight is 659 g/mol. The second-order valence-electron chi connectivity index (χ2n) is 10.5. The normalized spacial score (nSPS) is 14.2. The first kappa shape index (κ1) is 32.7. The number of fused-ring (bicyclic) bond motifs is 1. The molecule has 1 unspecified atom stereocenters. The molecule has 1 aliphatic rings. The summed E-state index contributed by atoms with van der Waals surface area (Å²) in [5.74, 6) is -1.42. The summed E-state index contributed by atoms with van der Waals surface area (Å²) < 4.78 is 73.2. The third-order valence-corrected chi connectivity index (χ3v) is 8.60. The molecule has 0 bridgehead atoms. The molecule has 0 saturated heterocycles. The van der Waals surface area contributed by atoms with Gasteiger partial charge in [0.25, 0.3) is 11.8 Å². The maximum atomic E-state index is 14.2. The number of aliphatic hydroxyl groups is 2. The van der Waals surface area contributed by atoms with Gasteiger partial charge in [-0.15, -0.1) is 0 Å². The molecule has 0 saturated carbocycles. The van der Waals surface area contributed by atoms with Crippen LogP contribution in [0.3, 0.4) is 0 Å². The van der Waals surface area contributed by atoms with Crippen LogP contribution in [0.4, 0.5) is 18.9 Å². The summed E-state index contributed by atoms with van der Waals surface area (Å²) >= 11 is 0. The van der Waals surface area contributed by atoms with E-state index in [0.717, 1.165) is 10.9 Å². The lowest BCUT2D eigenvalue weighted by Crippen LogP contribution is -2.39. The summed E-state index contributed by atoms with van der Waals surface area (Å²) in [6.07, 6.45) is -5.30. The molecule has 1 aromatic heterocycles. The van der Waals surface area contributed by atoms with Gasteiger partial charge in [-0.25, -0.2) is 13.1 Å². The number of amides is 2. The van der Waals surface area contributed by atoms with Crippen molar-refractivity contribution in [1.82, 2.24) is 15.1 Å². The molecule has 3 N–H and O–H groups in total. The first-order chi connectivity index (χ1) is 21.7. The van der Waals surface area contributed by atoms with E-state index in [9.17, 15) is 36.3 Å². The Kier molecular flexibility index (Phi) is 8.93. The molecule has 0 radical (unpaired) electrons. The molecule has 1 aliphatic heterocycles. The minimum Gasteiger partial charge on any atom is -0.497 e. The number of alkyl halides is 3. The molecule has 2 heterocycles. The van der Waals surface area contributed by atoms with Crippen molar-refractivity contribution in [1.29, 1.82) is 0 Å². The number of anilines is 1. The average Bonchev–Trinajstić information content (AvgIpc) is 3.44. The number of rotatable bonds is 9. The Hall–Kier alpha value is -4.73. The molecule has 242 valence electrons. The molecule has 5 rings (SSSR count). The van der Waals surface area contributed by atoms with Gasteiger partial charge in [-0.05, 0) is 48.4 Å². The third kappa shape index (κ3) is 6.34. The van der Waals surface area contributed by atoms with E-state index in [1.165, 1.54) is 36.3 Å². The molecule has 11 nitrogen and oxygen atoms in total. The fraction of sp³-hybridized carbons (Fsp3) is 0.258. The fourth-order valence-electron chi connectivity index (χ4n) is 5.24. The number of hydrogen-bond acceptors (Lipinski definition) is 8. The summed E-state index contributed by atoms with van der Waals surface area (Å²) in [5.41, 5.74) is -0.962. The maximum absolute atomic E-state index is 14.2.